The summed E-state index contributed by atoms with van der Waals surface area (Å²) in [7, 11) is 1.56. The maximum Gasteiger partial charge on any atom is 0.300 e. The van der Waals surface area contributed by atoms with Crippen LogP contribution in [0.3, 0.4) is 0 Å². The van der Waals surface area contributed by atoms with Gasteiger partial charge < -0.3 is 9.84 Å². The third-order valence-corrected chi connectivity index (χ3v) is 6.36. The van der Waals surface area contributed by atoms with Gasteiger partial charge in [-0.15, -0.1) is 0 Å². The number of aryl methyl sites for hydroxylation is 1. The van der Waals surface area contributed by atoms with E-state index >= 15 is 0 Å². The number of aliphatic hydroxyl groups excluding tert-OH is 1. The average Bonchev–Trinajstić information content (AvgIpc) is 3.06. The quantitative estimate of drug-likeness (QED) is 0.263. The minimum Gasteiger partial charge on any atom is -0.507 e. The predicted molar refractivity (Wildman–Crippen MR) is 128 cm³/mol. The highest BCUT2D eigenvalue weighted by Gasteiger charge is 2.47. The van der Waals surface area contributed by atoms with Gasteiger partial charge in [-0.05, 0) is 54.4 Å². The summed E-state index contributed by atoms with van der Waals surface area (Å²) in [5.74, 6) is -1.10. The van der Waals surface area contributed by atoms with Gasteiger partial charge >= 0.3 is 0 Å². The Morgan fingerprint density at radius 1 is 1.03 bits per heavy atom. The van der Waals surface area contributed by atoms with Crippen molar-refractivity contribution < 1.29 is 19.4 Å². The summed E-state index contributed by atoms with van der Waals surface area (Å²) in [4.78, 5) is 27.7. The third-order valence-electron chi connectivity index (χ3n) is 5.43. The number of anilines is 1. The first-order chi connectivity index (χ1) is 15.3. The molecule has 5 nitrogen and oxygen atoms in total. The minimum absolute atomic E-state index is 0.0131. The molecule has 3 aromatic carbocycles. The number of hydrogen-bond acceptors (Lipinski definition) is 4. The number of aliphatic hydroxyl groups is 1. The molecule has 1 heterocycles. The van der Waals surface area contributed by atoms with Gasteiger partial charge in [-0.1, -0.05) is 57.9 Å². The van der Waals surface area contributed by atoms with E-state index in [1.165, 1.54) is 4.90 Å². The van der Waals surface area contributed by atoms with Gasteiger partial charge in [0, 0.05) is 20.7 Å². The zero-order chi connectivity index (χ0) is 23.0. The lowest BCUT2D eigenvalue weighted by Crippen LogP contribution is -2.29. The smallest absolute Gasteiger partial charge is 0.300 e. The number of hydrogen-bond donors (Lipinski definition) is 1. The van der Waals surface area contributed by atoms with Crippen LogP contribution in [0.1, 0.15) is 22.7 Å². The number of carbonyl (C=O) groups excluding carboxylic acids is 2. The number of rotatable bonds is 4. The molecule has 1 unspecified atom stereocenters. The molecule has 1 atom stereocenters. The van der Waals surface area contributed by atoms with Gasteiger partial charge in [0.15, 0.2) is 0 Å². The average molecular weight is 513 g/mol. The zero-order valence-electron chi connectivity index (χ0n) is 17.3. The lowest BCUT2D eigenvalue weighted by atomic mass is 9.95. The van der Waals surface area contributed by atoms with Crippen molar-refractivity contribution in [1.82, 2.24) is 0 Å². The highest BCUT2D eigenvalue weighted by atomic mass is 79.9. The minimum atomic E-state index is -0.830. The lowest BCUT2D eigenvalue weighted by Gasteiger charge is -2.26. The highest BCUT2D eigenvalue weighted by molar-refractivity contribution is 9.10. The van der Waals surface area contributed by atoms with Crippen molar-refractivity contribution in [2.24, 2.45) is 0 Å². The molecule has 0 aliphatic carbocycles. The van der Waals surface area contributed by atoms with E-state index in [-0.39, 0.29) is 11.3 Å². The van der Waals surface area contributed by atoms with Crippen molar-refractivity contribution in [3.05, 3.63) is 98.5 Å². The topological polar surface area (TPSA) is 66.8 Å². The first-order valence-electron chi connectivity index (χ1n) is 9.79. The fourth-order valence-corrected chi connectivity index (χ4v) is 4.13. The summed E-state index contributed by atoms with van der Waals surface area (Å²) in [6.07, 6.45) is 0. The van der Waals surface area contributed by atoms with Crippen LogP contribution >= 0.6 is 27.5 Å². The van der Waals surface area contributed by atoms with Crippen LogP contribution in [0.4, 0.5) is 5.69 Å². The number of benzene rings is 3. The van der Waals surface area contributed by atoms with Gasteiger partial charge in [-0.25, -0.2) is 0 Å². The van der Waals surface area contributed by atoms with E-state index in [2.05, 4.69) is 15.9 Å². The number of halogens is 2. The van der Waals surface area contributed by atoms with Crippen LogP contribution in [0, 0.1) is 6.92 Å². The van der Waals surface area contributed by atoms with E-state index in [1.807, 2.05) is 6.92 Å². The van der Waals surface area contributed by atoms with Crippen molar-refractivity contribution in [1.29, 1.82) is 0 Å². The molecule has 1 aliphatic rings. The number of amides is 1. The molecule has 1 aliphatic heterocycles. The Bertz CT molecular complexity index is 1240. The zero-order valence-corrected chi connectivity index (χ0v) is 19.6. The molecule has 0 spiro atoms. The maximum atomic E-state index is 13.2. The van der Waals surface area contributed by atoms with Crippen LogP contribution in [-0.4, -0.2) is 23.9 Å². The molecule has 0 bridgehead atoms. The van der Waals surface area contributed by atoms with Crippen molar-refractivity contribution in [3.8, 4) is 5.75 Å². The molecule has 1 amide bonds. The van der Waals surface area contributed by atoms with Crippen LogP contribution in [0.25, 0.3) is 5.76 Å². The first kappa shape index (κ1) is 22.1. The normalized spacial score (nSPS) is 17.6. The van der Waals surface area contributed by atoms with Crippen LogP contribution in [0.5, 0.6) is 5.75 Å². The molecule has 0 aromatic heterocycles. The Morgan fingerprint density at radius 3 is 2.28 bits per heavy atom. The Morgan fingerprint density at radius 2 is 1.69 bits per heavy atom. The van der Waals surface area contributed by atoms with Gasteiger partial charge in [0.2, 0.25) is 0 Å². The first-order valence-corrected chi connectivity index (χ1v) is 11.0. The molecule has 4 rings (SSSR count). The summed E-state index contributed by atoms with van der Waals surface area (Å²) in [6, 6.07) is 18.3. The van der Waals surface area contributed by atoms with E-state index in [0.717, 1.165) is 10.0 Å². The summed E-state index contributed by atoms with van der Waals surface area (Å²) in [5, 5.41) is 11.6. The largest absolute Gasteiger partial charge is 0.507 e. The molecule has 1 saturated heterocycles. The van der Waals surface area contributed by atoms with E-state index < -0.39 is 17.7 Å². The number of methoxy groups -OCH3 is 1. The van der Waals surface area contributed by atoms with Crippen LogP contribution in [0.2, 0.25) is 5.02 Å². The molecule has 0 radical (unpaired) electrons. The van der Waals surface area contributed by atoms with Crippen molar-refractivity contribution in [2.45, 2.75) is 13.0 Å². The molecular formula is C25H19BrClNO4. The number of ether oxygens (including phenoxy) is 1. The van der Waals surface area contributed by atoms with Gasteiger partial charge in [0.25, 0.3) is 11.7 Å². The molecule has 3 aromatic rings. The monoisotopic (exact) mass is 511 g/mol. The molecule has 1 fully saturated rings. The van der Waals surface area contributed by atoms with E-state index in [0.29, 0.717) is 27.6 Å². The molecule has 162 valence electrons. The molecular weight excluding hydrogens is 494 g/mol. The van der Waals surface area contributed by atoms with Crippen LogP contribution in [0.15, 0.2) is 76.8 Å². The summed E-state index contributed by atoms with van der Waals surface area (Å²) >= 11 is 9.68. The Hall–Kier alpha value is -3.09. The Labute approximate surface area is 199 Å². The van der Waals surface area contributed by atoms with Crippen molar-refractivity contribution in [2.75, 3.05) is 12.0 Å². The molecule has 7 heteroatoms. The van der Waals surface area contributed by atoms with Crippen molar-refractivity contribution >= 4 is 50.7 Å². The fraction of sp³-hybridized carbons (Fsp3) is 0.120. The lowest BCUT2D eigenvalue weighted by molar-refractivity contribution is -0.132. The van der Waals surface area contributed by atoms with Gasteiger partial charge in [-0.2, -0.15) is 0 Å². The molecule has 1 N–H and O–H groups in total. The second kappa shape index (κ2) is 8.81. The van der Waals surface area contributed by atoms with E-state index in [9.17, 15) is 14.7 Å². The number of ketones is 1. The third kappa shape index (κ3) is 3.92. The van der Waals surface area contributed by atoms with Crippen LogP contribution < -0.4 is 9.64 Å². The second-order valence-electron chi connectivity index (χ2n) is 7.38. The fourth-order valence-electron chi connectivity index (χ4n) is 3.70. The molecule has 0 saturated carbocycles. The molecule has 32 heavy (non-hydrogen) atoms. The Kier molecular flexibility index (Phi) is 6.09. The Balaban J connectivity index is 1.94. The second-order valence-corrected chi connectivity index (χ2v) is 8.71. The standard InChI is InChI=1S/C25H19BrClNO4/c1-14-3-10-18(13-20(14)27)28-22(15-6-11-19(32-2)12-7-15)21(24(30)25(28)31)23(29)16-4-8-17(26)9-5-16/h3-13,22,29H,1-2H3/b23-21+. The summed E-state index contributed by atoms with van der Waals surface area (Å²) in [6.45, 7) is 1.86. The number of Topliss-reactive ketones (excluding diaryl/α,β-unsaturated/α-hetero) is 1. The maximum absolute atomic E-state index is 13.2. The van der Waals surface area contributed by atoms with E-state index in [1.54, 1.807) is 73.8 Å². The highest BCUT2D eigenvalue weighted by Crippen LogP contribution is 2.43. The van der Waals surface area contributed by atoms with Gasteiger partial charge in [0.1, 0.15) is 11.5 Å². The van der Waals surface area contributed by atoms with Gasteiger partial charge in [0.05, 0.1) is 18.7 Å². The summed E-state index contributed by atoms with van der Waals surface area (Å²) in [5.41, 5.74) is 2.42. The SMILES string of the molecule is COc1ccc(C2/C(=C(\O)c3ccc(Br)cc3)C(=O)C(=O)N2c2ccc(C)c(Cl)c2)cc1. The van der Waals surface area contributed by atoms with Crippen LogP contribution in [-0.2, 0) is 9.59 Å². The number of nitrogens with zero attached hydrogens (tertiary/aromatic N) is 1. The summed E-state index contributed by atoms with van der Waals surface area (Å²) < 4.78 is 6.07. The van der Waals surface area contributed by atoms with Crippen molar-refractivity contribution in [3.63, 3.8) is 0 Å². The van der Waals surface area contributed by atoms with Gasteiger partial charge in [-0.3, -0.25) is 14.5 Å². The predicted octanol–water partition coefficient (Wildman–Crippen LogP) is 6.05. The van der Waals surface area contributed by atoms with E-state index in [4.69, 9.17) is 16.3 Å². The number of carbonyl (C=O) groups is 2.